The molecular weight excluding hydrogens is 242 g/mol. The second-order valence-corrected chi connectivity index (χ2v) is 8.11. The van der Waals surface area contributed by atoms with E-state index in [0.29, 0.717) is 0 Å². The van der Waals surface area contributed by atoms with Gasteiger partial charge in [-0.2, -0.15) is 0 Å². The van der Waals surface area contributed by atoms with Gasteiger partial charge in [0, 0.05) is 6.04 Å². The molecule has 0 aromatic carbocycles. The maximum absolute atomic E-state index is 3.72. The summed E-state index contributed by atoms with van der Waals surface area (Å²) in [5, 5.41) is 3.72. The molecule has 20 heavy (non-hydrogen) atoms. The summed E-state index contributed by atoms with van der Waals surface area (Å²) in [4.78, 5) is 0. The molecule has 1 heteroatoms. The monoisotopic (exact) mass is 277 g/mol. The SMILES string of the molecule is CCCCCCCC(NC)C1C2CC3CC(C2)CC1C3. The molecule has 1 nitrogen and oxygen atoms in total. The van der Waals surface area contributed by atoms with Gasteiger partial charge in [0.1, 0.15) is 0 Å². The molecule has 0 radical (unpaired) electrons. The van der Waals surface area contributed by atoms with Gasteiger partial charge >= 0.3 is 0 Å². The summed E-state index contributed by atoms with van der Waals surface area (Å²) in [5.41, 5.74) is 0. The lowest BCUT2D eigenvalue weighted by molar-refractivity contribution is -0.0522. The van der Waals surface area contributed by atoms with E-state index in [9.17, 15) is 0 Å². The van der Waals surface area contributed by atoms with Gasteiger partial charge in [-0.15, -0.1) is 0 Å². The Balaban J connectivity index is 1.51. The van der Waals surface area contributed by atoms with Crippen LogP contribution in [-0.2, 0) is 0 Å². The van der Waals surface area contributed by atoms with Crippen molar-refractivity contribution in [1.29, 1.82) is 0 Å². The predicted molar refractivity (Wildman–Crippen MR) is 86.8 cm³/mol. The summed E-state index contributed by atoms with van der Waals surface area (Å²) in [6.07, 6.45) is 16.5. The number of hydrogen-bond donors (Lipinski definition) is 1. The summed E-state index contributed by atoms with van der Waals surface area (Å²) in [7, 11) is 2.22. The summed E-state index contributed by atoms with van der Waals surface area (Å²) >= 11 is 0. The Labute approximate surface area is 126 Å². The lowest BCUT2D eigenvalue weighted by Crippen LogP contribution is -2.52. The standard InChI is InChI=1S/C19H35N/c1-3-4-5-6-7-8-18(20-2)19-16-10-14-9-15(12-16)13-17(19)11-14/h14-20H,3-13H2,1-2H3. The molecule has 0 saturated heterocycles. The molecule has 4 bridgehead atoms. The Morgan fingerprint density at radius 3 is 2.00 bits per heavy atom. The molecule has 4 aliphatic rings. The highest BCUT2D eigenvalue weighted by atomic mass is 14.9. The first-order valence-corrected chi connectivity index (χ1v) is 9.49. The van der Waals surface area contributed by atoms with Crippen molar-refractivity contribution in [3.05, 3.63) is 0 Å². The minimum atomic E-state index is 0.826. The Bertz CT molecular complexity index is 270. The van der Waals surface area contributed by atoms with Gasteiger partial charge in [-0.3, -0.25) is 0 Å². The molecule has 4 fully saturated rings. The summed E-state index contributed by atoms with van der Waals surface area (Å²) in [6, 6.07) is 0.826. The fourth-order valence-electron chi connectivity index (χ4n) is 6.12. The molecular formula is C19H35N. The smallest absolute Gasteiger partial charge is 0.00976 e. The summed E-state index contributed by atoms with van der Waals surface area (Å²) in [5.74, 6) is 5.43. The Hall–Kier alpha value is -0.0400. The summed E-state index contributed by atoms with van der Waals surface area (Å²) in [6.45, 7) is 2.31. The van der Waals surface area contributed by atoms with Crippen molar-refractivity contribution in [3.63, 3.8) is 0 Å². The topological polar surface area (TPSA) is 12.0 Å². The highest BCUT2D eigenvalue weighted by molar-refractivity contribution is 5.01. The first kappa shape index (κ1) is 14.9. The molecule has 0 aliphatic heterocycles. The average Bonchev–Trinajstić information content (AvgIpc) is 2.43. The zero-order chi connectivity index (χ0) is 13.9. The normalized spacial score (nSPS) is 40.2. The van der Waals surface area contributed by atoms with Crippen LogP contribution in [0.5, 0.6) is 0 Å². The number of unbranched alkanes of at least 4 members (excludes halogenated alkanes) is 4. The van der Waals surface area contributed by atoms with Crippen LogP contribution in [-0.4, -0.2) is 13.1 Å². The van der Waals surface area contributed by atoms with E-state index in [1.54, 1.807) is 32.1 Å². The summed E-state index contributed by atoms with van der Waals surface area (Å²) < 4.78 is 0. The van der Waals surface area contributed by atoms with Crippen LogP contribution < -0.4 is 5.32 Å². The van der Waals surface area contributed by atoms with Gasteiger partial charge < -0.3 is 5.32 Å². The van der Waals surface area contributed by atoms with E-state index in [4.69, 9.17) is 0 Å². The van der Waals surface area contributed by atoms with Crippen LogP contribution in [0, 0.1) is 29.6 Å². The maximum Gasteiger partial charge on any atom is 0.00976 e. The minimum absolute atomic E-state index is 0.826. The van der Waals surface area contributed by atoms with Crippen LogP contribution in [0.3, 0.4) is 0 Å². The largest absolute Gasteiger partial charge is 0.317 e. The van der Waals surface area contributed by atoms with E-state index in [1.165, 1.54) is 38.5 Å². The van der Waals surface area contributed by atoms with Crippen molar-refractivity contribution in [2.45, 2.75) is 83.6 Å². The van der Waals surface area contributed by atoms with E-state index in [-0.39, 0.29) is 0 Å². The number of nitrogens with one attached hydrogen (secondary N) is 1. The highest BCUT2D eigenvalue weighted by Crippen LogP contribution is 2.57. The van der Waals surface area contributed by atoms with Crippen LogP contribution in [0.1, 0.15) is 77.6 Å². The lowest BCUT2D eigenvalue weighted by Gasteiger charge is -2.56. The van der Waals surface area contributed by atoms with Gasteiger partial charge in [0.05, 0.1) is 0 Å². The van der Waals surface area contributed by atoms with E-state index >= 15 is 0 Å². The van der Waals surface area contributed by atoms with E-state index in [2.05, 4.69) is 19.3 Å². The Kier molecular flexibility index (Phi) is 5.07. The fraction of sp³-hybridized carbons (Fsp3) is 1.00. The Morgan fingerprint density at radius 2 is 1.45 bits per heavy atom. The molecule has 0 spiro atoms. The molecule has 0 heterocycles. The van der Waals surface area contributed by atoms with Crippen LogP contribution in [0.25, 0.3) is 0 Å². The van der Waals surface area contributed by atoms with Crippen molar-refractivity contribution in [3.8, 4) is 0 Å². The second kappa shape index (κ2) is 6.81. The molecule has 0 aromatic rings. The zero-order valence-electron chi connectivity index (χ0n) is 13.7. The van der Waals surface area contributed by atoms with Gasteiger partial charge in [0.15, 0.2) is 0 Å². The van der Waals surface area contributed by atoms with Crippen molar-refractivity contribution >= 4 is 0 Å². The fourth-order valence-corrected chi connectivity index (χ4v) is 6.12. The third kappa shape index (κ3) is 3.08. The van der Waals surface area contributed by atoms with E-state index in [0.717, 1.165) is 35.6 Å². The van der Waals surface area contributed by atoms with Gasteiger partial charge in [0.25, 0.3) is 0 Å². The first-order valence-electron chi connectivity index (χ1n) is 9.49. The Morgan fingerprint density at radius 1 is 0.850 bits per heavy atom. The molecule has 4 rings (SSSR count). The highest BCUT2D eigenvalue weighted by Gasteiger charge is 2.49. The molecule has 116 valence electrons. The third-order valence-electron chi connectivity index (χ3n) is 6.75. The zero-order valence-corrected chi connectivity index (χ0v) is 13.7. The molecule has 4 saturated carbocycles. The van der Waals surface area contributed by atoms with Crippen molar-refractivity contribution in [2.75, 3.05) is 7.05 Å². The molecule has 1 unspecified atom stereocenters. The predicted octanol–water partition coefficient (Wildman–Crippen LogP) is 5.01. The van der Waals surface area contributed by atoms with Crippen LogP contribution in [0.15, 0.2) is 0 Å². The van der Waals surface area contributed by atoms with Gasteiger partial charge in [-0.25, -0.2) is 0 Å². The van der Waals surface area contributed by atoms with Crippen molar-refractivity contribution < 1.29 is 0 Å². The molecule has 0 aromatic heterocycles. The number of hydrogen-bond acceptors (Lipinski definition) is 1. The molecule has 4 aliphatic carbocycles. The molecule has 1 N–H and O–H groups in total. The lowest BCUT2D eigenvalue weighted by atomic mass is 9.50. The number of rotatable bonds is 8. The molecule has 0 amide bonds. The quantitative estimate of drug-likeness (QED) is 0.615. The van der Waals surface area contributed by atoms with Gasteiger partial charge in [-0.05, 0) is 75.2 Å². The first-order chi connectivity index (χ1) is 9.81. The van der Waals surface area contributed by atoms with Gasteiger partial charge in [0.2, 0.25) is 0 Å². The van der Waals surface area contributed by atoms with E-state index in [1.807, 2.05) is 0 Å². The maximum atomic E-state index is 3.72. The second-order valence-electron chi connectivity index (χ2n) is 8.11. The van der Waals surface area contributed by atoms with E-state index < -0.39 is 0 Å². The average molecular weight is 277 g/mol. The van der Waals surface area contributed by atoms with Crippen LogP contribution in [0.4, 0.5) is 0 Å². The molecule has 1 atom stereocenters. The van der Waals surface area contributed by atoms with Crippen molar-refractivity contribution in [2.24, 2.45) is 29.6 Å². The van der Waals surface area contributed by atoms with Crippen molar-refractivity contribution in [1.82, 2.24) is 5.32 Å². The van der Waals surface area contributed by atoms with Gasteiger partial charge in [-0.1, -0.05) is 39.0 Å². The van der Waals surface area contributed by atoms with Crippen LogP contribution >= 0.6 is 0 Å². The third-order valence-corrected chi connectivity index (χ3v) is 6.75. The minimum Gasteiger partial charge on any atom is -0.317 e. The van der Waals surface area contributed by atoms with Crippen LogP contribution in [0.2, 0.25) is 0 Å².